The highest BCUT2D eigenvalue weighted by Gasteiger charge is 2.40. The average Bonchev–Trinajstić information content (AvgIpc) is 2.84. The van der Waals surface area contributed by atoms with Gasteiger partial charge in [-0.05, 0) is 52.7 Å². The Morgan fingerprint density at radius 3 is 2.60 bits per heavy atom. The third-order valence-electron chi connectivity index (χ3n) is 4.33. The molecule has 1 saturated carbocycles. The number of rotatable bonds is 5. The van der Waals surface area contributed by atoms with Crippen molar-refractivity contribution in [3.05, 3.63) is 34.1 Å². The zero-order chi connectivity index (χ0) is 14.8. The second kappa shape index (κ2) is 6.38. The summed E-state index contributed by atoms with van der Waals surface area (Å²) in [5.41, 5.74) is 0.602. The quantitative estimate of drug-likeness (QED) is 0.710. The van der Waals surface area contributed by atoms with Crippen LogP contribution in [0.15, 0.2) is 22.7 Å². The highest BCUT2D eigenvalue weighted by Crippen LogP contribution is 2.44. The van der Waals surface area contributed by atoms with E-state index in [1.54, 1.807) is 6.07 Å². The highest BCUT2D eigenvalue weighted by molar-refractivity contribution is 9.10. The number of halogens is 2. The van der Waals surface area contributed by atoms with Gasteiger partial charge < -0.3 is 0 Å². The molecule has 0 heterocycles. The highest BCUT2D eigenvalue weighted by atomic mass is 79.9. The van der Waals surface area contributed by atoms with Crippen molar-refractivity contribution in [3.63, 3.8) is 0 Å². The van der Waals surface area contributed by atoms with Crippen LogP contribution in [0, 0.1) is 17.2 Å². The van der Waals surface area contributed by atoms with Gasteiger partial charge in [0.05, 0.1) is 4.47 Å². The summed E-state index contributed by atoms with van der Waals surface area (Å²) in [5, 5.41) is 0. The van der Waals surface area contributed by atoms with Crippen molar-refractivity contribution in [1.82, 2.24) is 0 Å². The molecule has 0 atom stereocenters. The molecule has 0 bridgehead atoms. The summed E-state index contributed by atoms with van der Waals surface area (Å²) in [7, 11) is 0. The summed E-state index contributed by atoms with van der Waals surface area (Å²) in [6, 6.07) is 4.92. The van der Waals surface area contributed by atoms with Gasteiger partial charge in [-0.25, -0.2) is 4.39 Å². The molecule has 1 aromatic carbocycles. The van der Waals surface area contributed by atoms with Crippen molar-refractivity contribution in [1.29, 1.82) is 0 Å². The fourth-order valence-corrected chi connectivity index (χ4v) is 3.88. The third-order valence-corrected chi connectivity index (χ3v) is 5.22. The van der Waals surface area contributed by atoms with Crippen LogP contribution < -0.4 is 0 Å². The van der Waals surface area contributed by atoms with Crippen molar-refractivity contribution in [2.75, 3.05) is 0 Å². The van der Waals surface area contributed by atoms with Crippen molar-refractivity contribution >= 4 is 21.7 Å². The molecule has 1 fully saturated rings. The molecular formula is C17H22BrFO. The Labute approximate surface area is 129 Å². The van der Waals surface area contributed by atoms with Crippen LogP contribution >= 0.6 is 15.9 Å². The molecule has 1 nitrogen and oxygen atoms in total. The monoisotopic (exact) mass is 340 g/mol. The van der Waals surface area contributed by atoms with E-state index in [4.69, 9.17) is 0 Å². The van der Waals surface area contributed by atoms with Crippen LogP contribution in [0.1, 0.15) is 51.5 Å². The maximum absolute atomic E-state index is 13.6. The van der Waals surface area contributed by atoms with Gasteiger partial charge in [0.1, 0.15) is 11.6 Å². The minimum atomic E-state index is -0.292. The predicted octanol–water partition coefficient (Wildman–Crippen LogP) is 5.31. The lowest BCUT2D eigenvalue weighted by molar-refractivity contribution is -0.128. The molecule has 1 aliphatic carbocycles. The second-order valence-corrected chi connectivity index (χ2v) is 7.19. The molecule has 1 aromatic rings. The predicted molar refractivity (Wildman–Crippen MR) is 83.2 cm³/mol. The van der Waals surface area contributed by atoms with Gasteiger partial charge in [0.2, 0.25) is 0 Å². The van der Waals surface area contributed by atoms with Crippen molar-refractivity contribution in [2.45, 2.75) is 52.4 Å². The Morgan fingerprint density at radius 1 is 1.35 bits per heavy atom. The van der Waals surface area contributed by atoms with Crippen LogP contribution in [-0.4, -0.2) is 5.78 Å². The van der Waals surface area contributed by atoms with Crippen LogP contribution in [0.5, 0.6) is 0 Å². The maximum Gasteiger partial charge on any atom is 0.143 e. The molecule has 0 unspecified atom stereocenters. The number of ketones is 1. The molecule has 0 aliphatic heterocycles. The van der Waals surface area contributed by atoms with Gasteiger partial charge in [0.15, 0.2) is 0 Å². The molecule has 0 amide bonds. The second-order valence-electron chi connectivity index (χ2n) is 6.40. The zero-order valence-corrected chi connectivity index (χ0v) is 13.8. The van der Waals surface area contributed by atoms with Gasteiger partial charge in [-0.15, -0.1) is 0 Å². The Hall–Kier alpha value is -0.700. The van der Waals surface area contributed by atoms with Crippen LogP contribution in [0.25, 0.3) is 0 Å². The number of hydrogen-bond donors (Lipinski definition) is 0. The van der Waals surface area contributed by atoms with Gasteiger partial charge in [-0.3, -0.25) is 4.79 Å². The van der Waals surface area contributed by atoms with Crippen LogP contribution in [-0.2, 0) is 11.2 Å². The molecule has 0 spiro atoms. The average molecular weight is 341 g/mol. The SMILES string of the molecule is CC(C)CC1(C(=O)Cc2cccc(F)c2Br)CCCC1. The molecule has 2 rings (SSSR count). The summed E-state index contributed by atoms with van der Waals surface area (Å²) >= 11 is 3.26. The summed E-state index contributed by atoms with van der Waals surface area (Å²) in [6.07, 6.45) is 5.57. The third kappa shape index (κ3) is 3.30. The lowest BCUT2D eigenvalue weighted by Gasteiger charge is -2.29. The normalized spacial score (nSPS) is 17.6. The summed E-state index contributed by atoms with van der Waals surface area (Å²) < 4.78 is 14.0. The molecular weight excluding hydrogens is 319 g/mol. The molecule has 1 aliphatic rings. The zero-order valence-electron chi connectivity index (χ0n) is 12.2. The van der Waals surface area contributed by atoms with E-state index in [2.05, 4.69) is 29.8 Å². The molecule has 3 heteroatoms. The van der Waals surface area contributed by atoms with Gasteiger partial charge >= 0.3 is 0 Å². The molecule has 0 saturated heterocycles. The first-order chi connectivity index (χ1) is 9.44. The first-order valence-electron chi connectivity index (χ1n) is 7.41. The first kappa shape index (κ1) is 15.7. The number of Topliss-reactive ketones (excluding diaryl/α,β-unsaturated/α-hetero) is 1. The Balaban J connectivity index is 2.19. The molecule has 0 N–H and O–H groups in total. The summed E-state index contributed by atoms with van der Waals surface area (Å²) in [6.45, 7) is 4.34. The Bertz CT molecular complexity index is 490. The lowest BCUT2D eigenvalue weighted by Crippen LogP contribution is -2.31. The van der Waals surface area contributed by atoms with Gasteiger partial charge in [-0.1, -0.05) is 38.8 Å². The van der Waals surface area contributed by atoms with Crippen LogP contribution in [0.4, 0.5) is 4.39 Å². The van der Waals surface area contributed by atoms with Crippen molar-refractivity contribution in [3.8, 4) is 0 Å². The van der Waals surface area contributed by atoms with Crippen LogP contribution in [0.2, 0.25) is 0 Å². The van der Waals surface area contributed by atoms with Crippen molar-refractivity contribution < 1.29 is 9.18 Å². The van der Waals surface area contributed by atoms with E-state index < -0.39 is 0 Å². The van der Waals surface area contributed by atoms with Crippen LogP contribution in [0.3, 0.4) is 0 Å². The Morgan fingerprint density at radius 2 is 2.00 bits per heavy atom. The number of benzene rings is 1. The molecule has 110 valence electrons. The summed E-state index contributed by atoms with van der Waals surface area (Å²) in [5.74, 6) is 0.516. The standard InChI is InChI=1S/C17H22BrFO/c1-12(2)11-17(8-3-4-9-17)15(20)10-13-6-5-7-14(19)16(13)18/h5-7,12H,3-4,8-11H2,1-2H3. The van der Waals surface area contributed by atoms with Gasteiger partial charge in [0.25, 0.3) is 0 Å². The lowest BCUT2D eigenvalue weighted by atomic mass is 9.73. The van der Waals surface area contributed by atoms with Crippen molar-refractivity contribution in [2.24, 2.45) is 11.3 Å². The molecule has 0 radical (unpaired) electrons. The minimum Gasteiger partial charge on any atom is -0.299 e. The van der Waals surface area contributed by atoms with E-state index in [1.165, 1.54) is 6.07 Å². The smallest absolute Gasteiger partial charge is 0.143 e. The van der Waals surface area contributed by atoms with E-state index in [0.717, 1.165) is 37.7 Å². The van der Waals surface area contributed by atoms with Gasteiger partial charge in [0, 0.05) is 11.8 Å². The van der Waals surface area contributed by atoms with Gasteiger partial charge in [-0.2, -0.15) is 0 Å². The largest absolute Gasteiger partial charge is 0.299 e. The fraction of sp³-hybridized carbons (Fsp3) is 0.588. The topological polar surface area (TPSA) is 17.1 Å². The number of carbonyl (C=O) groups is 1. The van der Waals surface area contributed by atoms with E-state index in [0.29, 0.717) is 16.8 Å². The van der Waals surface area contributed by atoms with E-state index in [-0.39, 0.29) is 17.0 Å². The number of carbonyl (C=O) groups excluding carboxylic acids is 1. The first-order valence-corrected chi connectivity index (χ1v) is 8.20. The van der Waals surface area contributed by atoms with E-state index >= 15 is 0 Å². The molecule has 0 aromatic heterocycles. The fourth-order valence-electron chi connectivity index (χ4n) is 3.48. The molecule has 20 heavy (non-hydrogen) atoms. The summed E-state index contributed by atoms with van der Waals surface area (Å²) in [4.78, 5) is 12.8. The minimum absolute atomic E-state index is 0.167. The Kier molecular flexibility index (Phi) is 5.00. The van der Waals surface area contributed by atoms with E-state index in [9.17, 15) is 9.18 Å². The number of hydrogen-bond acceptors (Lipinski definition) is 1. The maximum atomic E-state index is 13.6. The van der Waals surface area contributed by atoms with E-state index in [1.807, 2.05) is 6.07 Å².